The maximum absolute atomic E-state index is 13.2. The number of carbonyl (C=O) groups excluding carboxylic acids is 1. The standard InChI is InChI=1S/C24H29FN2O6S/c25-19-4-6-20(7-5-19)32-16-17-33-24(28)22-18-21(34(29,30)27-10-2-1-3-11-27)8-9-23(22)26-12-14-31-15-13-26/h4-9,18H,1-3,10-17H2. The third-order valence-electron chi connectivity index (χ3n) is 5.89. The molecule has 10 heteroatoms. The molecule has 2 heterocycles. The highest BCUT2D eigenvalue weighted by Crippen LogP contribution is 2.28. The molecule has 4 rings (SSSR count). The summed E-state index contributed by atoms with van der Waals surface area (Å²) in [6.45, 7) is 3.22. The summed E-state index contributed by atoms with van der Waals surface area (Å²) in [5.74, 6) is -0.533. The second kappa shape index (κ2) is 11.2. The van der Waals surface area contributed by atoms with E-state index in [1.54, 1.807) is 12.1 Å². The molecule has 2 aromatic rings. The SMILES string of the molecule is O=C(OCCOc1ccc(F)cc1)c1cc(S(=O)(=O)N2CCCCC2)ccc1N1CCOCC1. The molecule has 2 aliphatic heterocycles. The van der Waals surface area contributed by atoms with Gasteiger partial charge in [0, 0.05) is 26.2 Å². The van der Waals surface area contributed by atoms with Crippen LogP contribution in [0.15, 0.2) is 47.4 Å². The average Bonchev–Trinajstić information content (AvgIpc) is 2.88. The number of piperidine rings is 1. The lowest BCUT2D eigenvalue weighted by Gasteiger charge is -2.31. The molecule has 2 aromatic carbocycles. The minimum atomic E-state index is -3.70. The highest BCUT2D eigenvalue weighted by Gasteiger charge is 2.29. The van der Waals surface area contributed by atoms with Gasteiger partial charge in [-0.1, -0.05) is 6.42 Å². The second-order valence-corrected chi connectivity index (χ2v) is 10.1. The first kappa shape index (κ1) is 24.4. The van der Waals surface area contributed by atoms with E-state index in [-0.39, 0.29) is 29.5 Å². The molecule has 0 N–H and O–H groups in total. The molecule has 34 heavy (non-hydrogen) atoms. The van der Waals surface area contributed by atoms with Crippen LogP contribution in [0.25, 0.3) is 0 Å². The third kappa shape index (κ3) is 5.86. The van der Waals surface area contributed by atoms with Crippen molar-refractivity contribution in [2.24, 2.45) is 0 Å². The summed E-state index contributed by atoms with van der Waals surface area (Å²) in [6.07, 6.45) is 2.67. The van der Waals surface area contributed by atoms with Crippen molar-refractivity contribution in [3.8, 4) is 5.75 Å². The highest BCUT2D eigenvalue weighted by atomic mass is 32.2. The maximum Gasteiger partial charge on any atom is 0.340 e. The van der Waals surface area contributed by atoms with Crippen molar-refractivity contribution < 1.29 is 31.8 Å². The van der Waals surface area contributed by atoms with Gasteiger partial charge in [-0.25, -0.2) is 17.6 Å². The number of carbonyl (C=O) groups is 1. The molecular weight excluding hydrogens is 463 g/mol. The fourth-order valence-electron chi connectivity index (χ4n) is 4.08. The van der Waals surface area contributed by atoms with Crippen molar-refractivity contribution in [2.75, 3.05) is 57.5 Å². The summed E-state index contributed by atoms with van der Waals surface area (Å²) in [5.41, 5.74) is 0.812. The van der Waals surface area contributed by atoms with Crippen molar-refractivity contribution in [3.63, 3.8) is 0 Å². The lowest BCUT2D eigenvalue weighted by Crippen LogP contribution is -2.38. The Bertz CT molecular complexity index is 1080. The number of anilines is 1. The van der Waals surface area contributed by atoms with E-state index >= 15 is 0 Å². The van der Waals surface area contributed by atoms with E-state index in [1.165, 1.54) is 34.6 Å². The van der Waals surface area contributed by atoms with Gasteiger partial charge in [0.25, 0.3) is 0 Å². The predicted molar refractivity (Wildman–Crippen MR) is 124 cm³/mol. The second-order valence-electron chi connectivity index (χ2n) is 8.18. The Labute approximate surface area is 199 Å². The van der Waals surface area contributed by atoms with E-state index < -0.39 is 16.0 Å². The van der Waals surface area contributed by atoms with Crippen molar-refractivity contribution in [1.29, 1.82) is 0 Å². The van der Waals surface area contributed by atoms with Crippen LogP contribution in [0.5, 0.6) is 5.75 Å². The van der Waals surface area contributed by atoms with Gasteiger partial charge in [0.05, 0.1) is 29.4 Å². The molecule has 2 saturated heterocycles. The van der Waals surface area contributed by atoms with Gasteiger partial charge in [0.1, 0.15) is 24.8 Å². The number of morpholine rings is 1. The van der Waals surface area contributed by atoms with Gasteiger partial charge in [0.15, 0.2) is 0 Å². The molecule has 0 radical (unpaired) electrons. The summed E-state index contributed by atoms with van der Waals surface area (Å²) in [6, 6.07) is 10.2. The molecular formula is C24H29FN2O6S. The Balaban J connectivity index is 1.50. The predicted octanol–water partition coefficient (Wildman–Crippen LogP) is 3.07. The zero-order valence-electron chi connectivity index (χ0n) is 18.9. The monoisotopic (exact) mass is 492 g/mol. The fraction of sp³-hybridized carbons (Fsp3) is 0.458. The van der Waals surface area contributed by atoms with Crippen LogP contribution in [-0.4, -0.2) is 71.3 Å². The first-order valence-electron chi connectivity index (χ1n) is 11.5. The number of hydrogen-bond donors (Lipinski definition) is 0. The number of sulfonamides is 1. The molecule has 0 amide bonds. The molecule has 2 aliphatic rings. The summed E-state index contributed by atoms with van der Waals surface area (Å²) >= 11 is 0. The van der Waals surface area contributed by atoms with Gasteiger partial charge in [-0.3, -0.25) is 0 Å². The van der Waals surface area contributed by atoms with Gasteiger partial charge in [0.2, 0.25) is 10.0 Å². The van der Waals surface area contributed by atoms with Crippen LogP contribution in [0.4, 0.5) is 10.1 Å². The van der Waals surface area contributed by atoms with Crippen LogP contribution < -0.4 is 9.64 Å². The molecule has 184 valence electrons. The third-order valence-corrected chi connectivity index (χ3v) is 7.79. The van der Waals surface area contributed by atoms with Crippen molar-refractivity contribution >= 4 is 21.7 Å². The number of nitrogens with zero attached hydrogens (tertiary/aromatic N) is 2. The van der Waals surface area contributed by atoms with E-state index in [4.69, 9.17) is 14.2 Å². The van der Waals surface area contributed by atoms with Gasteiger partial charge in [-0.05, 0) is 55.3 Å². The molecule has 0 spiro atoms. The summed E-state index contributed by atoms with van der Waals surface area (Å²) in [5, 5.41) is 0. The molecule has 0 saturated carbocycles. The minimum Gasteiger partial charge on any atom is -0.490 e. The number of benzene rings is 2. The smallest absolute Gasteiger partial charge is 0.340 e. The summed E-state index contributed by atoms with van der Waals surface area (Å²) < 4.78 is 57.2. The first-order valence-corrected chi connectivity index (χ1v) is 12.9. The van der Waals surface area contributed by atoms with E-state index in [9.17, 15) is 17.6 Å². The largest absolute Gasteiger partial charge is 0.490 e. The first-order chi connectivity index (χ1) is 16.4. The van der Waals surface area contributed by atoms with Crippen LogP contribution in [0.2, 0.25) is 0 Å². The normalized spacial score (nSPS) is 17.4. The molecule has 0 aliphatic carbocycles. The Hall–Kier alpha value is -2.69. The average molecular weight is 493 g/mol. The van der Waals surface area contributed by atoms with E-state index in [0.717, 1.165) is 19.3 Å². The molecule has 2 fully saturated rings. The number of ether oxygens (including phenoxy) is 3. The summed E-state index contributed by atoms with van der Waals surface area (Å²) in [4.78, 5) is 15.1. The van der Waals surface area contributed by atoms with Crippen molar-refractivity contribution in [2.45, 2.75) is 24.2 Å². The van der Waals surface area contributed by atoms with Gasteiger partial charge in [-0.2, -0.15) is 4.31 Å². The fourth-order valence-corrected chi connectivity index (χ4v) is 5.62. The van der Waals surface area contributed by atoms with E-state index in [2.05, 4.69) is 0 Å². The Morgan fingerprint density at radius 2 is 1.65 bits per heavy atom. The molecule has 0 aromatic heterocycles. The lowest BCUT2D eigenvalue weighted by atomic mass is 10.1. The Morgan fingerprint density at radius 3 is 2.35 bits per heavy atom. The van der Waals surface area contributed by atoms with Crippen LogP contribution in [-0.2, 0) is 19.5 Å². The van der Waals surface area contributed by atoms with Gasteiger partial charge in [-0.15, -0.1) is 0 Å². The number of hydrogen-bond acceptors (Lipinski definition) is 7. The molecule has 0 unspecified atom stereocenters. The molecule has 8 nitrogen and oxygen atoms in total. The van der Waals surface area contributed by atoms with Gasteiger partial charge < -0.3 is 19.1 Å². The molecule has 0 atom stereocenters. The number of rotatable bonds is 8. The van der Waals surface area contributed by atoms with Crippen molar-refractivity contribution in [1.82, 2.24) is 4.31 Å². The van der Waals surface area contributed by atoms with E-state index in [0.29, 0.717) is 50.8 Å². The molecule has 0 bridgehead atoms. The Kier molecular flexibility index (Phi) is 8.02. The quantitative estimate of drug-likeness (QED) is 0.414. The zero-order valence-corrected chi connectivity index (χ0v) is 19.8. The van der Waals surface area contributed by atoms with E-state index in [1.807, 2.05) is 4.90 Å². The van der Waals surface area contributed by atoms with Crippen LogP contribution in [0.3, 0.4) is 0 Å². The zero-order chi connectivity index (χ0) is 24.0. The van der Waals surface area contributed by atoms with Gasteiger partial charge >= 0.3 is 5.97 Å². The maximum atomic E-state index is 13.2. The van der Waals surface area contributed by atoms with Crippen LogP contribution in [0, 0.1) is 5.82 Å². The highest BCUT2D eigenvalue weighted by molar-refractivity contribution is 7.89. The minimum absolute atomic E-state index is 0.0398. The van der Waals surface area contributed by atoms with Crippen molar-refractivity contribution in [3.05, 3.63) is 53.8 Å². The van der Waals surface area contributed by atoms with Crippen LogP contribution >= 0.6 is 0 Å². The Morgan fingerprint density at radius 1 is 0.941 bits per heavy atom. The lowest BCUT2D eigenvalue weighted by molar-refractivity contribution is 0.0450. The van der Waals surface area contributed by atoms with Crippen LogP contribution in [0.1, 0.15) is 29.6 Å². The number of halogens is 1. The number of esters is 1. The topological polar surface area (TPSA) is 85.4 Å². The summed E-state index contributed by atoms with van der Waals surface area (Å²) in [7, 11) is -3.70.